The summed E-state index contributed by atoms with van der Waals surface area (Å²) in [6.07, 6.45) is 0. The molecule has 0 atom stereocenters. The zero-order chi connectivity index (χ0) is 37.5. The zero-order valence-electron chi connectivity index (χ0n) is 30.6. The van der Waals surface area contributed by atoms with Gasteiger partial charge in [-0.1, -0.05) is 163 Å². The second-order valence-electron chi connectivity index (χ2n) is 14.7. The highest BCUT2D eigenvalue weighted by atomic mass is 32.2. The van der Waals surface area contributed by atoms with Gasteiger partial charge in [0.25, 0.3) is 0 Å². The lowest BCUT2D eigenvalue weighted by Crippen LogP contribution is -2.31. The van der Waals surface area contributed by atoms with Gasteiger partial charge in [-0.15, -0.1) is 11.3 Å². The fraction of sp³-hybridized carbons (Fsp3) is 0.0192. The molecular weight excluding hydrogens is 731 g/mol. The topological polar surface area (TPSA) is 38.7 Å². The molecular formula is C52H31N3S2. The molecule has 0 N–H and O–H groups in total. The van der Waals surface area contributed by atoms with Crippen molar-refractivity contribution in [2.24, 2.45) is 0 Å². The highest BCUT2D eigenvalue weighted by molar-refractivity contribution is 7.99. The zero-order valence-corrected chi connectivity index (χ0v) is 32.2. The van der Waals surface area contributed by atoms with Gasteiger partial charge in [-0.2, -0.15) is 0 Å². The van der Waals surface area contributed by atoms with Gasteiger partial charge in [-0.25, -0.2) is 15.0 Å². The van der Waals surface area contributed by atoms with Crippen LogP contribution >= 0.6 is 23.1 Å². The lowest BCUT2D eigenvalue weighted by molar-refractivity contribution is 0.724. The van der Waals surface area contributed by atoms with E-state index < -0.39 is 5.41 Å². The van der Waals surface area contributed by atoms with E-state index in [0.717, 1.165) is 22.3 Å². The highest BCUT2D eigenvalue weighted by Crippen LogP contribution is 2.62. The maximum Gasteiger partial charge on any atom is 0.164 e. The number of hydrogen-bond donors (Lipinski definition) is 0. The second kappa shape index (κ2) is 12.7. The van der Waals surface area contributed by atoms with Crippen LogP contribution in [0.1, 0.15) is 22.3 Å². The Balaban J connectivity index is 1.03. The summed E-state index contributed by atoms with van der Waals surface area (Å²) < 4.78 is 2.52. The number of rotatable bonds is 4. The largest absolute Gasteiger partial charge is 0.208 e. The molecule has 2 aromatic heterocycles. The van der Waals surface area contributed by atoms with E-state index in [9.17, 15) is 0 Å². The quantitative estimate of drug-likeness (QED) is 0.179. The predicted octanol–water partition coefficient (Wildman–Crippen LogP) is 13.7. The molecule has 1 spiro atoms. The molecule has 57 heavy (non-hydrogen) atoms. The SMILES string of the molecule is c1ccc(-c2ccc(-c3nc(-c4ccccc4)nc(-c4ccc5sc6cc7c(cc6c5c4)Sc4ccccc4C74c5ccccc5-c5ccccc54)n3)cc2)cc1. The molecule has 0 radical (unpaired) electrons. The van der Waals surface area contributed by atoms with Crippen molar-refractivity contribution in [1.29, 1.82) is 0 Å². The summed E-state index contributed by atoms with van der Waals surface area (Å²) in [7, 11) is 0. The summed E-state index contributed by atoms with van der Waals surface area (Å²) in [6, 6.07) is 67.8. The van der Waals surface area contributed by atoms with Gasteiger partial charge >= 0.3 is 0 Å². The van der Waals surface area contributed by atoms with Gasteiger partial charge in [0, 0.05) is 46.7 Å². The number of nitrogens with zero attached hydrogens (tertiary/aromatic N) is 3. The van der Waals surface area contributed by atoms with Crippen molar-refractivity contribution in [2.75, 3.05) is 0 Å². The Kier molecular flexibility index (Phi) is 7.25. The summed E-state index contributed by atoms with van der Waals surface area (Å²) in [4.78, 5) is 17.9. The van der Waals surface area contributed by atoms with Crippen molar-refractivity contribution in [1.82, 2.24) is 15.0 Å². The molecule has 0 amide bonds. The Morgan fingerprint density at radius 1 is 0.333 bits per heavy atom. The van der Waals surface area contributed by atoms with Gasteiger partial charge in [0.05, 0.1) is 5.41 Å². The molecule has 1 aliphatic heterocycles. The normalized spacial score (nSPS) is 13.3. The molecule has 8 aromatic carbocycles. The third kappa shape index (κ3) is 4.96. The highest BCUT2D eigenvalue weighted by Gasteiger charge is 2.50. The van der Waals surface area contributed by atoms with E-state index in [4.69, 9.17) is 15.0 Å². The second-order valence-corrected chi connectivity index (χ2v) is 16.9. The van der Waals surface area contributed by atoms with Crippen LogP contribution in [0, 0.1) is 0 Å². The van der Waals surface area contributed by atoms with Crippen LogP contribution in [-0.4, -0.2) is 15.0 Å². The van der Waals surface area contributed by atoms with E-state index in [0.29, 0.717) is 17.5 Å². The van der Waals surface area contributed by atoms with Crippen LogP contribution < -0.4 is 0 Å². The van der Waals surface area contributed by atoms with Gasteiger partial charge in [0.15, 0.2) is 17.5 Å². The molecule has 3 heterocycles. The minimum absolute atomic E-state index is 0.395. The van der Waals surface area contributed by atoms with E-state index in [-0.39, 0.29) is 0 Å². The molecule has 3 nitrogen and oxygen atoms in total. The average molecular weight is 762 g/mol. The monoisotopic (exact) mass is 761 g/mol. The van der Waals surface area contributed by atoms with Gasteiger partial charge < -0.3 is 0 Å². The minimum atomic E-state index is -0.395. The van der Waals surface area contributed by atoms with Crippen molar-refractivity contribution in [3.8, 4) is 56.4 Å². The Labute approximate surface area is 338 Å². The molecule has 12 rings (SSSR count). The molecule has 2 aliphatic rings. The predicted molar refractivity (Wildman–Crippen MR) is 236 cm³/mol. The maximum absolute atomic E-state index is 5.14. The number of fused-ring (bicyclic) bond motifs is 12. The fourth-order valence-corrected chi connectivity index (χ4v) is 11.4. The van der Waals surface area contributed by atoms with Crippen LogP contribution in [0.25, 0.3) is 76.6 Å². The van der Waals surface area contributed by atoms with Crippen molar-refractivity contribution in [2.45, 2.75) is 15.2 Å². The lowest BCUT2D eigenvalue weighted by atomic mass is 9.67. The maximum atomic E-state index is 5.14. The molecule has 0 unspecified atom stereocenters. The third-order valence-corrected chi connectivity index (χ3v) is 13.9. The molecule has 0 fully saturated rings. The van der Waals surface area contributed by atoms with Crippen LogP contribution in [0.3, 0.4) is 0 Å². The van der Waals surface area contributed by atoms with Gasteiger partial charge in [0.2, 0.25) is 0 Å². The average Bonchev–Trinajstić information content (AvgIpc) is 3.79. The summed E-state index contributed by atoms with van der Waals surface area (Å²) >= 11 is 3.75. The van der Waals surface area contributed by atoms with E-state index >= 15 is 0 Å². The first-order valence-corrected chi connectivity index (χ1v) is 20.8. The van der Waals surface area contributed by atoms with Crippen LogP contribution in [0.15, 0.2) is 198 Å². The van der Waals surface area contributed by atoms with Crippen LogP contribution in [0.4, 0.5) is 0 Å². The first kappa shape index (κ1) is 32.6. The third-order valence-electron chi connectivity index (χ3n) is 11.6. The Bertz CT molecular complexity index is 3160. The summed E-state index contributed by atoms with van der Waals surface area (Å²) in [5.74, 6) is 1.97. The van der Waals surface area contributed by atoms with E-state index in [1.165, 1.54) is 68.9 Å². The summed E-state index contributed by atoms with van der Waals surface area (Å²) in [6.45, 7) is 0. The molecule has 266 valence electrons. The standard InChI is InChI=1S/C52H31N3S2/c1-3-13-32(14-4-1)33-23-25-35(26-24-33)50-53-49(34-15-5-2-6-16-34)54-51(55-50)36-27-28-45-39(29-36)40-30-48-44(31-47(40)56-45)52(43-21-11-12-22-46(43)57-48)41-19-9-7-17-37(41)38-18-8-10-20-42(38)52/h1-31H. The summed E-state index contributed by atoms with van der Waals surface area (Å²) in [5.41, 5.74) is 12.9. The summed E-state index contributed by atoms with van der Waals surface area (Å²) in [5, 5.41) is 2.47. The smallest absolute Gasteiger partial charge is 0.164 e. The molecule has 0 saturated carbocycles. The number of thiophene rings is 1. The van der Waals surface area contributed by atoms with Crippen molar-refractivity contribution >= 4 is 43.3 Å². The molecule has 0 bridgehead atoms. The lowest BCUT2D eigenvalue weighted by Gasteiger charge is -2.39. The fourth-order valence-electron chi connectivity index (χ4n) is 9.06. The van der Waals surface area contributed by atoms with E-state index in [1.807, 2.05) is 47.4 Å². The van der Waals surface area contributed by atoms with Crippen molar-refractivity contribution in [3.05, 3.63) is 210 Å². The Hall–Kier alpha value is -6.66. The first-order valence-electron chi connectivity index (χ1n) is 19.2. The van der Waals surface area contributed by atoms with Crippen LogP contribution in [0.2, 0.25) is 0 Å². The van der Waals surface area contributed by atoms with Crippen LogP contribution in [-0.2, 0) is 5.41 Å². The Morgan fingerprint density at radius 3 is 1.51 bits per heavy atom. The number of aromatic nitrogens is 3. The van der Waals surface area contributed by atoms with Gasteiger partial charge in [0.1, 0.15) is 0 Å². The first-order chi connectivity index (χ1) is 28.2. The van der Waals surface area contributed by atoms with E-state index in [2.05, 4.69) is 164 Å². The molecule has 5 heteroatoms. The van der Waals surface area contributed by atoms with Gasteiger partial charge in [-0.05, 0) is 80.9 Å². The molecule has 10 aromatic rings. The number of hydrogen-bond acceptors (Lipinski definition) is 5. The number of benzene rings is 8. The van der Waals surface area contributed by atoms with Gasteiger partial charge in [-0.3, -0.25) is 0 Å². The molecule has 1 aliphatic carbocycles. The van der Waals surface area contributed by atoms with Crippen molar-refractivity contribution in [3.63, 3.8) is 0 Å². The Morgan fingerprint density at radius 2 is 0.825 bits per heavy atom. The molecule has 0 saturated heterocycles. The van der Waals surface area contributed by atoms with E-state index in [1.54, 1.807) is 0 Å². The van der Waals surface area contributed by atoms with Crippen LogP contribution in [0.5, 0.6) is 0 Å². The van der Waals surface area contributed by atoms with Crippen molar-refractivity contribution < 1.29 is 0 Å². The minimum Gasteiger partial charge on any atom is -0.208 e.